The highest BCUT2D eigenvalue weighted by atomic mass is 13.9. The van der Waals surface area contributed by atoms with Crippen molar-refractivity contribution in [2.45, 2.75) is 26.1 Å². The predicted octanol–water partition coefficient (Wildman–Crippen LogP) is 1.37. The van der Waals surface area contributed by atoms with Gasteiger partial charge in [-0.05, 0) is 0 Å². The summed E-state index contributed by atoms with van der Waals surface area (Å²) >= 11 is 0. The highest BCUT2D eigenvalue weighted by molar-refractivity contribution is 6.14. The van der Waals surface area contributed by atoms with Crippen molar-refractivity contribution >= 4 is 7.85 Å². The first-order valence-electron chi connectivity index (χ1n) is 1.79. The van der Waals surface area contributed by atoms with Gasteiger partial charge in [0.05, 0.1) is 7.85 Å². The van der Waals surface area contributed by atoms with Crippen LogP contribution in [-0.4, -0.2) is 7.85 Å². The Bertz CT molecular complexity index is 19.1. The predicted molar refractivity (Wildman–Crippen MR) is 25.5 cm³/mol. The summed E-state index contributed by atoms with van der Waals surface area (Å²) in [5.74, 6) is 0. The first-order valence-corrected chi connectivity index (χ1v) is 1.79. The lowest BCUT2D eigenvalue weighted by molar-refractivity contribution is 0.767. The average Bonchev–Trinajstić information content (AvgIpc) is 0.722. The Labute approximate surface area is 35.0 Å². The smallest absolute Gasteiger partial charge is 0.0735 e. The molecule has 0 atom stereocenters. The van der Waals surface area contributed by atoms with Crippen molar-refractivity contribution in [1.82, 2.24) is 0 Å². The van der Waals surface area contributed by atoms with E-state index in [2.05, 4.69) is 0 Å². The summed E-state index contributed by atoms with van der Waals surface area (Å²) in [6.07, 6.45) is 0. The normalized spacial score (nSPS) is 11.8. The first kappa shape index (κ1) is 5.06. The van der Waals surface area contributed by atoms with E-state index in [9.17, 15) is 0 Å². The molecule has 28 valence electrons. The molecule has 0 amide bonds. The summed E-state index contributed by atoms with van der Waals surface area (Å²) in [6.45, 7) is 5.90. The van der Waals surface area contributed by atoms with Crippen LogP contribution in [0.15, 0.2) is 0 Å². The Kier molecular flexibility index (Phi) is 1.05. The van der Waals surface area contributed by atoms with E-state index >= 15 is 0 Å². The lowest BCUT2D eigenvalue weighted by Crippen LogP contribution is -1.90. The lowest BCUT2D eigenvalue weighted by atomic mass is 9.75. The van der Waals surface area contributed by atoms with Gasteiger partial charge in [-0.25, -0.2) is 0 Å². The molecule has 0 heterocycles. The second kappa shape index (κ2) is 1.04. The third-order valence-electron chi connectivity index (χ3n) is 0. The molecule has 0 aliphatic rings. The van der Waals surface area contributed by atoms with Crippen molar-refractivity contribution in [3.8, 4) is 0 Å². The van der Waals surface area contributed by atoms with Crippen LogP contribution >= 0.6 is 0 Å². The molecule has 5 heavy (non-hydrogen) atoms. The van der Waals surface area contributed by atoms with Crippen LogP contribution in [0.25, 0.3) is 0 Å². The molecule has 0 aromatic heterocycles. The van der Waals surface area contributed by atoms with Gasteiger partial charge in [0.2, 0.25) is 0 Å². The van der Waals surface area contributed by atoms with E-state index in [0.717, 1.165) is 0 Å². The third-order valence-corrected chi connectivity index (χ3v) is 0. The maximum absolute atomic E-state index is 5.35. The van der Waals surface area contributed by atoms with E-state index in [1.165, 1.54) is 0 Å². The van der Waals surface area contributed by atoms with Crippen molar-refractivity contribution in [2.75, 3.05) is 0 Å². The summed E-state index contributed by atoms with van der Waals surface area (Å²) in [5.41, 5.74) is 0. The Hall–Kier alpha value is 0.0649. The zero-order valence-corrected chi connectivity index (χ0v) is 4.08. The van der Waals surface area contributed by atoms with E-state index < -0.39 is 0 Å². The Morgan fingerprint density at radius 2 is 1.20 bits per heavy atom. The van der Waals surface area contributed by atoms with Crippen molar-refractivity contribution < 1.29 is 0 Å². The minimum Gasteiger partial charge on any atom is -0.0744 e. The molecule has 0 unspecified atom stereocenters. The van der Waals surface area contributed by atoms with Gasteiger partial charge in [0.1, 0.15) is 0 Å². The van der Waals surface area contributed by atoms with Gasteiger partial charge in [-0.3, -0.25) is 0 Å². The molecular formula is C4H9B. The molecule has 0 aliphatic heterocycles. The van der Waals surface area contributed by atoms with Crippen LogP contribution in [0.1, 0.15) is 20.8 Å². The highest BCUT2D eigenvalue weighted by Crippen LogP contribution is 2.13. The van der Waals surface area contributed by atoms with E-state index in [1.54, 1.807) is 0 Å². The van der Waals surface area contributed by atoms with Crippen molar-refractivity contribution in [3.05, 3.63) is 0 Å². The molecule has 1 heteroatoms. The lowest BCUT2D eigenvalue weighted by Gasteiger charge is -2.05. The minimum absolute atomic E-state index is 0. The molecule has 0 aromatic carbocycles. The summed E-state index contributed by atoms with van der Waals surface area (Å²) in [6, 6.07) is 0. The fourth-order valence-electron chi connectivity index (χ4n) is 0. The maximum Gasteiger partial charge on any atom is 0.0735 e. The third kappa shape index (κ3) is 4110. The van der Waals surface area contributed by atoms with E-state index in [-0.39, 0.29) is 5.31 Å². The van der Waals surface area contributed by atoms with Gasteiger partial charge in [0.15, 0.2) is 0 Å². The quantitative estimate of drug-likeness (QED) is 0.376. The van der Waals surface area contributed by atoms with Gasteiger partial charge in [0.25, 0.3) is 0 Å². The summed E-state index contributed by atoms with van der Waals surface area (Å²) < 4.78 is 0. The molecular weight excluding hydrogens is 58.9 g/mol. The SMILES string of the molecule is [B]C(C)(C)C. The van der Waals surface area contributed by atoms with E-state index in [4.69, 9.17) is 7.85 Å². The molecule has 0 fully saturated rings. The highest BCUT2D eigenvalue weighted by Gasteiger charge is 1.95. The second-order valence-corrected chi connectivity index (χ2v) is 2.37. The van der Waals surface area contributed by atoms with Crippen molar-refractivity contribution in [2.24, 2.45) is 0 Å². The Morgan fingerprint density at radius 3 is 1.20 bits per heavy atom. The van der Waals surface area contributed by atoms with Gasteiger partial charge in [-0.1, -0.05) is 26.1 Å². The number of hydrogen-bond donors (Lipinski definition) is 0. The van der Waals surface area contributed by atoms with E-state index in [0.29, 0.717) is 0 Å². The second-order valence-electron chi connectivity index (χ2n) is 2.37. The van der Waals surface area contributed by atoms with Gasteiger partial charge < -0.3 is 0 Å². The van der Waals surface area contributed by atoms with Crippen molar-refractivity contribution in [3.63, 3.8) is 0 Å². The zero-order chi connectivity index (χ0) is 4.50. The summed E-state index contributed by atoms with van der Waals surface area (Å²) in [7, 11) is 5.35. The molecule has 0 N–H and O–H groups in total. The van der Waals surface area contributed by atoms with Gasteiger partial charge in [-0.2, -0.15) is 0 Å². The molecule has 0 spiro atoms. The van der Waals surface area contributed by atoms with Crippen LogP contribution in [0.2, 0.25) is 5.31 Å². The molecule has 0 saturated heterocycles. The van der Waals surface area contributed by atoms with Gasteiger partial charge in [-0.15, -0.1) is 0 Å². The fraction of sp³-hybridized carbons (Fsp3) is 1.00. The van der Waals surface area contributed by atoms with E-state index in [1.807, 2.05) is 20.8 Å². The monoisotopic (exact) mass is 68.1 g/mol. The average molecular weight is 67.9 g/mol. The Morgan fingerprint density at radius 1 is 1.20 bits per heavy atom. The van der Waals surface area contributed by atoms with Crippen LogP contribution in [0.4, 0.5) is 0 Å². The van der Waals surface area contributed by atoms with Crippen LogP contribution in [-0.2, 0) is 0 Å². The molecule has 0 bridgehead atoms. The van der Waals surface area contributed by atoms with Crippen LogP contribution < -0.4 is 0 Å². The summed E-state index contributed by atoms with van der Waals surface area (Å²) in [4.78, 5) is 0. The zero-order valence-electron chi connectivity index (χ0n) is 4.08. The largest absolute Gasteiger partial charge is 0.0744 e. The molecule has 0 rings (SSSR count). The van der Waals surface area contributed by atoms with Gasteiger partial charge >= 0.3 is 0 Å². The number of rotatable bonds is 0. The van der Waals surface area contributed by atoms with Crippen LogP contribution in [0.5, 0.6) is 0 Å². The number of hydrogen-bond acceptors (Lipinski definition) is 0. The Balaban J connectivity index is 3.02. The molecule has 0 nitrogen and oxygen atoms in total. The van der Waals surface area contributed by atoms with Gasteiger partial charge in [0, 0.05) is 0 Å². The molecule has 0 aliphatic carbocycles. The minimum atomic E-state index is 0. The van der Waals surface area contributed by atoms with Crippen molar-refractivity contribution in [1.29, 1.82) is 0 Å². The first-order chi connectivity index (χ1) is 2.00. The maximum atomic E-state index is 5.35. The summed E-state index contributed by atoms with van der Waals surface area (Å²) in [5, 5.41) is 0. The molecule has 2 radical (unpaired) electrons. The van der Waals surface area contributed by atoms with Crippen LogP contribution in [0, 0.1) is 0 Å². The topological polar surface area (TPSA) is 0 Å². The molecule has 0 aromatic rings. The van der Waals surface area contributed by atoms with Crippen LogP contribution in [0.3, 0.4) is 0 Å². The standard InChI is InChI=1S/C4H9B/c1-4(2,3)5/h1-3H3. The molecule has 0 saturated carbocycles. The fourth-order valence-corrected chi connectivity index (χ4v) is 0.